The van der Waals surface area contributed by atoms with Crippen molar-refractivity contribution in [3.63, 3.8) is 0 Å². The molecule has 0 fully saturated rings. The third kappa shape index (κ3) is 4.77. The van der Waals surface area contributed by atoms with E-state index in [0.29, 0.717) is 21.1 Å². The molecule has 2 aromatic heterocycles. The topological polar surface area (TPSA) is 109 Å². The standard InChI is InChI=1S/C22H19N3O4S3/c1-13-18(14-6-4-3-5-7-14)19-20(27)24-22(25-21(19)31-13)30-12-17(26)23-15-8-10-16(11-9-15)32(2,28)29/h3-11H,12H2,1-2H3,(H,23,26)(H,24,25,27). The van der Waals surface area contributed by atoms with Crippen molar-refractivity contribution in [2.24, 2.45) is 0 Å². The van der Waals surface area contributed by atoms with Crippen LogP contribution in [-0.2, 0) is 14.6 Å². The minimum atomic E-state index is -3.29. The Morgan fingerprint density at radius 3 is 2.47 bits per heavy atom. The Morgan fingerprint density at radius 2 is 1.81 bits per heavy atom. The summed E-state index contributed by atoms with van der Waals surface area (Å²) in [5.41, 5.74) is 2.09. The number of hydrogen-bond donors (Lipinski definition) is 2. The number of nitrogens with zero attached hydrogens (tertiary/aromatic N) is 1. The largest absolute Gasteiger partial charge is 0.325 e. The van der Waals surface area contributed by atoms with Gasteiger partial charge >= 0.3 is 0 Å². The molecule has 164 valence electrons. The molecule has 32 heavy (non-hydrogen) atoms. The van der Waals surface area contributed by atoms with Crippen molar-refractivity contribution in [3.8, 4) is 11.1 Å². The van der Waals surface area contributed by atoms with Crippen molar-refractivity contribution in [1.82, 2.24) is 9.97 Å². The second kappa shape index (κ2) is 8.89. The summed E-state index contributed by atoms with van der Waals surface area (Å²) in [6.45, 7) is 1.96. The van der Waals surface area contributed by atoms with E-state index in [0.717, 1.165) is 34.0 Å². The van der Waals surface area contributed by atoms with Gasteiger partial charge in [0.15, 0.2) is 15.0 Å². The summed E-state index contributed by atoms with van der Waals surface area (Å²) >= 11 is 2.58. The number of anilines is 1. The van der Waals surface area contributed by atoms with Gasteiger partial charge in [0.2, 0.25) is 5.91 Å². The first-order valence-corrected chi connectivity index (χ1v) is 13.2. The van der Waals surface area contributed by atoms with E-state index in [4.69, 9.17) is 0 Å². The molecule has 4 aromatic rings. The van der Waals surface area contributed by atoms with Gasteiger partial charge in [0.1, 0.15) is 4.83 Å². The number of rotatable bonds is 6. The molecule has 2 N–H and O–H groups in total. The number of thioether (sulfide) groups is 1. The van der Waals surface area contributed by atoms with Crippen molar-refractivity contribution in [1.29, 1.82) is 0 Å². The third-order valence-corrected chi connectivity index (χ3v) is 7.69. The van der Waals surface area contributed by atoms with E-state index in [-0.39, 0.29) is 22.1 Å². The highest BCUT2D eigenvalue weighted by Gasteiger charge is 2.17. The molecule has 2 aromatic carbocycles. The van der Waals surface area contributed by atoms with Crippen molar-refractivity contribution in [2.45, 2.75) is 17.0 Å². The van der Waals surface area contributed by atoms with Crippen molar-refractivity contribution >= 4 is 54.7 Å². The monoisotopic (exact) mass is 485 g/mol. The van der Waals surface area contributed by atoms with Crippen molar-refractivity contribution < 1.29 is 13.2 Å². The summed E-state index contributed by atoms with van der Waals surface area (Å²) in [6.07, 6.45) is 1.12. The normalized spacial score (nSPS) is 11.6. The molecule has 0 aliphatic heterocycles. The molecule has 2 heterocycles. The number of sulfone groups is 1. The Balaban J connectivity index is 1.49. The number of carbonyl (C=O) groups is 1. The number of thiophene rings is 1. The summed E-state index contributed by atoms with van der Waals surface area (Å²) < 4.78 is 23.0. The molecule has 0 spiro atoms. The maximum Gasteiger partial charge on any atom is 0.260 e. The van der Waals surface area contributed by atoms with Gasteiger partial charge in [0.25, 0.3) is 5.56 Å². The molecule has 0 saturated carbocycles. The lowest BCUT2D eigenvalue weighted by atomic mass is 10.0. The number of carbonyl (C=O) groups excluding carboxylic acids is 1. The highest BCUT2D eigenvalue weighted by atomic mass is 32.2. The third-order valence-electron chi connectivity index (χ3n) is 4.68. The van der Waals surface area contributed by atoms with E-state index >= 15 is 0 Å². The molecule has 7 nitrogen and oxygen atoms in total. The summed E-state index contributed by atoms with van der Waals surface area (Å²) in [5.74, 6) is -0.254. The lowest BCUT2D eigenvalue weighted by Gasteiger charge is -2.06. The van der Waals surface area contributed by atoms with Crippen LogP contribution >= 0.6 is 23.1 Å². The van der Waals surface area contributed by atoms with E-state index in [1.54, 1.807) is 0 Å². The highest BCUT2D eigenvalue weighted by molar-refractivity contribution is 7.99. The van der Waals surface area contributed by atoms with Gasteiger partial charge < -0.3 is 10.3 Å². The molecule has 0 radical (unpaired) electrons. The van der Waals surface area contributed by atoms with Crippen LogP contribution in [0.4, 0.5) is 5.69 Å². The van der Waals surface area contributed by atoms with Crippen molar-refractivity contribution in [2.75, 3.05) is 17.3 Å². The number of nitrogens with one attached hydrogen (secondary N) is 2. The Kier molecular flexibility index (Phi) is 6.18. The fourth-order valence-electron chi connectivity index (χ4n) is 3.24. The fourth-order valence-corrected chi connectivity index (χ4v) is 5.63. The first-order valence-electron chi connectivity index (χ1n) is 9.54. The van der Waals surface area contributed by atoms with Crippen molar-refractivity contribution in [3.05, 3.63) is 69.8 Å². The second-order valence-corrected chi connectivity index (χ2v) is 11.3. The molecule has 0 bridgehead atoms. The second-order valence-electron chi connectivity index (χ2n) is 7.08. The van der Waals surface area contributed by atoms with Crippen LogP contribution < -0.4 is 10.9 Å². The first-order chi connectivity index (χ1) is 15.2. The summed E-state index contributed by atoms with van der Waals surface area (Å²) in [6, 6.07) is 15.6. The molecular formula is C22H19N3O4S3. The minimum absolute atomic E-state index is 0.0399. The summed E-state index contributed by atoms with van der Waals surface area (Å²) in [7, 11) is -3.29. The van der Waals surface area contributed by atoms with Gasteiger partial charge in [-0.3, -0.25) is 9.59 Å². The predicted octanol–water partition coefficient (Wildman–Crippen LogP) is 4.09. The van der Waals surface area contributed by atoms with E-state index in [1.807, 2.05) is 37.3 Å². The van der Waals surface area contributed by atoms with Crippen LogP contribution in [0.25, 0.3) is 21.3 Å². The zero-order chi connectivity index (χ0) is 22.9. The number of benzene rings is 2. The van der Waals surface area contributed by atoms with E-state index in [1.165, 1.54) is 35.6 Å². The quantitative estimate of drug-likeness (QED) is 0.314. The average molecular weight is 486 g/mol. The van der Waals surface area contributed by atoms with E-state index < -0.39 is 9.84 Å². The fraction of sp³-hybridized carbons (Fsp3) is 0.136. The van der Waals surface area contributed by atoms with Crippen LogP contribution in [0.2, 0.25) is 0 Å². The zero-order valence-corrected chi connectivity index (χ0v) is 19.7. The smallest absolute Gasteiger partial charge is 0.260 e. The van der Waals surface area contributed by atoms with E-state index in [2.05, 4.69) is 15.3 Å². The van der Waals surface area contributed by atoms with Gasteiger partial charge in [-0.05, 0) is 36.8 Å². The number of amides is 1. The van der Waals surface area contributed by atoms with Gasteiger partial charge in [0, 0.05) is 22.4 Å². The SMILES string of the molecule is Cc1sc2nc(SCC(=O)Nc3ccc(S(C)(=O)=O)cc3)[nH]c(=O)c2c1-c1ccccc1. The van der Waals surface area contributed by atoms with Crippen LogP contribution in [0.3, 0.4) is 0 Å². The summed E-state index contributed by atoms with van der Waals surface area (Å²) in [5, 5.41) is 3.63. The Hall–Kier alpha value is -2.95. The number of H-pyrrole nitrogens is 1. The molecule has 10 heteroatoms. The Morgan fingerprint density at radius 1 is 1.12 bits per heavy atom. The number of hydrogen-bond acceptors (Lipinski definition) is 7. The number of fused-ring (bicyclic) bond motifs is 1. The van der Waals surface area contributed by atoms with Gasteiger partial charge in [0.05, 0.1) is 16.0 Å². The predicted molar refractivity (Wildman–Crippen MR) is 129 cm³/mol. The highest BCUT2D eigenvalue weighted by Crippen LogP contribution is 2.35. The lowest BCUT2D eigenvalue weighted by molar-refractivity contribution is -0.113. The van der Waals surface area contributed by atoms with Gasteiger partial charge in [-0.1, -0.05) is 42.1 Å². The van der Waals surface area contributed by atoms with Gasteiger partial charge in [-0.15, -0.1) is 11.3 Å². The molecule has 0 aliphatic carbocycles. The van der Waals surface area contributed by atoms with Gasteiger partial charge in [-0.2, -0.15) is 0 Å². The molecule has 0 unspecified atom stereocenters. The summed E-state index contributed by atoms with van der Waals surface area (Å²) in [4.78, 5) is 34.2. The van der Waals surface area contributed by atoms with E-state index in [9.17, 15) is 18.0 Å². The number of aryl methyl sites for hydroxylation is 1. The zero-order valence-electron chi connectivity index (χ0n) is 17.2. The Bertz CT molecular complexity index is 1460. The average Bonchev–Trinajstić information content (AvgIpc) is 3.09. The van der Waals surface area contributed by atoms with Crippen LogP contribution in [-0.4, -0.2) is 36.3 Å². The van der Waals surface area contributed by atoms with Crippen LogP contribution in [0.15, 0.2) is 69.4 Å². The number of aromatic nitrogens is 2. The molecule has 4 rings (SSSR count). The lowest BCUT2D eigenvalue weighted by Crippen LogP contribution is -2.15. The van der Waals surface area contributed by atoms with Gasteiger partial charge in [-0.25, -0.2) is 13.4 Å². The maximum atomic E-state index is 12.8. The Labute approximate surface area is 192 Å². The first kappa shape index (κ1) is 22.3. The minimum Gasteiger partial charge on any atom is -0.325 e. The van der Waals surface area contributed by atoms with Crippen LogP contribution in [0, 0.1) is 6.92 Å². The molecule has 1 amide bonds. The molecule has 0 saturated heterocycles. The molecular weight excluding hydrogens is 466 g/mol. The van der Waals surface area contributed by atoms with Crippen LogP contribution in [0.1, 0.15) is 4.88 Å². The molecule has 0 aliphatic rings. The molecule has 0 atom stereocenters. The number of aromatic amines is 1. The van der Waals surface area contributed by atoms with Crippen LogP contribution in [0.5, 0.6) is 0 Å². The maximum absolute atomic E-state index is 12.8.